The average Bonchev–Trinajstić information content (AvgIpc) is 2.69. The number of fused-ring (bicyclic) bond motifs is 1. The van der Waals surface area contributed by atoms with Gasteiger partial charge in [0.1, 0.15) is 4.60 Å². The molecular formula is C13H12BrN3O. The predicted molar refractivity (Wildman–Crippen MR) is 73.3 cm³/mol. The molecule has 1 amide bonds. The molecular weight excluding hydrogens is 294 g/mol. The monoisotopic (exact) mass is 305 g/mol. The summed E-state index contributed by atoms with van der Waals surface area (Å²) < 4.78 is 2.82. The number of halogens is 1. The third-order valence-corrected chi connectivity index (χ3v) is 3.75. The van der Waals surface area contributed by atoms with Gasteiger partial charge in [-0.3, -0.25) is 4.79 Å². The number of aryl methyl sites for hydroxylation is 2. The molecule has 0 radical (unpaired) electrons. The molecule has 0 bridgehead atoms. The average molecular weight is 306 g/mol. The first-order chi connectivity index (χ1) is 8.65. The summed E-state index contributed by atoms with van der Waals surface area (Å²) in [5.41, 5.74) is 4.26. The molecule has 0 saturated carbocycles. The van der Waals surface area contributed by atoms with Crippen LogP contribution in [0, 0.1) is 0 Å². The van der Waals surface area contributed by atoms with Crippen LogP contribution in [0.3, 0.4) is 0 Å². The summed E-state index contributed by atoms with van der Waals surface area (Å²) in [5.74, 6) is 0.0944. The van der Waals surface area contributed by atoms with E-state index in [2.05, 4.69) is 32.3 Å². The number of hydrogen-bond acceptors (Lipinski definition) is 2. The van der Waals surface area contributed by atoms with Crippen LogP contribution < -0.4 is 5.32 Å². The van der Waals surface area contributed by atoms with Crippen molar-refractivity contribution >= 4 is 27.5 Å². The maximum atomic E-state index is 11.3. The van der Waals surface area contributed by atoms with Crippen LogP contribution in [0.25, 0.3) is 11.3 Å². The van der Waals surface area contributed by atoms with Gasteiger partial charge in [-0.05, 0) is 40.0 Å². The smallest absolute Gasteiger partial charge is 0.224 e. The minimum atomic E-state index is 0.0944. The molecule has 18 heavy (non-hydrogen) atoms. The summed E-state index contributed by atoms with van der Waals surface area (Å²) in [4.78, 5) is 15.5. The number of imidazole rings is 1. The van der Waals surface area contributed by atoms with Gasteiger partial charge in [0.25, 0.3) is 0 Å². The van der Waals surface area contributed by atoms with Crippen LogP contribution in [-0.4, -0.2) is 15.5 Å². The molecule has 4 nitrogen and oxygen atoms in total. The molecule has 1 N–H and O–H groups in total. The highest BCUT2D eigenvalue weighted by atomic mass is 79.9. The SMILES string of the molecule is Cn1cnc(Br)c1-c1ccc2c(c1)CCC(=O)N2. The van der Waals surface area contributed by atoms with E-state index >= 15 is 0 Å². The Balaban J connectivity index is 2.08. The molecule has 3 rings (SSSR count). The van der Waals surface area contributed by atoms with Gasteiger partial charge in [0.05, 0.1) is 12.0 Å². The number of rotatable bonds is 1. The number of hydrogen-bond donors (Lipinski definition) is 1. The maximum Gasteiger partial charge on any atom is 0.224 e. The van der Waals surface area contributed by atoms with Crippen LogP contribution in [0.15, 0.2) is 29.1 Å². The van der Waals surface area contributed by atoms with Gasteiger partial charge < -0.3 is 9.88 Å². The van der Waals surface area contributed by atoms with E-state index in [1.165, 1.54) is 5.56 Å². The van der Waals surface area contributed by atoms with E-state index in [4.69, 9.17) is 0 Å². The standard InChI is InChI=1S/C13H12BrN3O/c1-17-7-15-13(14)12(17)9-2-4-10-8(6-9)3-5-11(18)16-10/h2,4,6-7H,3,5H2,1H3,(H,16,18). The lowest BCUT2D eigenvalue weighted by Crippen LogP contribution is -2.18. The summed E-state index contributed by atoms with van der Waals surface area (Å²) in [5, 5.41) is 2.89. The Morgan fingerprint density at radius 2 is 2.22 bits per heavy atom. The zero-order valence-electron chi connectivity index (χ0n) is 9.90. The number of carbonyl (C=O) groups excluding carboxylic acids is 1. The Labute approximate surface area is 113 Å². The zero-order valence-corrected chi connectivity index (χ0v) is 11.5. The second-order valence-corrected chi connectivity index (χ2v) is 5.17. The molecule has 0 atom stereocenters. The van der Waals surface area contributed by atoms with E-state index in [-0.39, 0.29) is 5.91 Å². The lowest BCUT2D eigenvalue weighted by atomic mass is 9.99. The normalized spacial score (nSPS) is 14.2. The molecule has 1 aromatic heterocycles. The van der Waals surface area contributed by atoms with Gasteiger partial charge in [-0.1, -0.05) is 6.07 Å². The molecule has 2 heterocycles. The molecule has 1 aliphatic rings. The van der Waals surface area contributed by atoms with Crippen molar-refractivity contribution in [1.82, 2.24) is 9.55 Å². The summed E-state index contributed by atoms with van der Waals surface area (Å²) in [6, 6.07) is 6.09. The number of carbonyl (C=O) groups is 1. The van der Waals surface area contributed by atoms with Crippen molar-refractivity contribution in [1.29, 1.82) is 0 Å². The fraction of sp³-hybridized carbons (Fsp3) is 0.231. The highest BCUT2D eigenvalue weighted by Crippen LogP contribution is 2.31. The first-order valence-electron chi connectivity index (χ1n) is 5.75. The summed E-state index contributed by atoms with van der Waals surface area (Å²) >= 11 is 3.46. The van der Waals surface area contributed by atoms with E-state index in [1.807, 2.05) is 23.7 Å². The van der Waals surface area contributed by atoms with Crippen molar-refractivity contribution in [3.8, 4) is 11.3 Å². The quantitative estimate of drug-likeness (QED) is 0.880. The predicted octanol–water partition coefficient (Wildman–Crippen LogP) is 2.73. The van der Waals surface area contributed by atoms with E-state index in [0.29, 0.717) is 6.42 Å². The van der Waals surface area contributed by atoms with Crippen molar-refractivity contribution in [2.45, 2.75) is 12.8 Å². The first-order valence-corrected chi connectivity index (χ1v) is 6.54. The van der Waals surface area contributed by atoms with Crippen molar-refractivity contribution in [3.05, 3.63) is 34.7 Å². The molecule has 1 aromatic carbocycles. The molecule has 0 saturated heterocycles. The number of benzene rings is 1. The Kier molecular flexibility index (Phi) is 2.70. The van der Waals surface area contributed by atoms with Gasteiger partial charge in [-0.25, -0.2) is 4.98 Å². The van der Waals surface area contributed by atoms with Gasteiger partial charge >= 0.3 is 0 Å². The lowest BCUT2D eigenvalue weighted by molar-refractivity contribution is -0.116. The van der Waals surface area contributed by atoms with E-state index < -0.39 is 0 Å². The Morgan fingerprint density at radius 3 is 2.94 bits per heavy atom. The van der Waals surface area contributed by atoms with Crippen molar-refractivity contribution < 1.29 is 4.79 Å². The maximum absolute atomic E-state index is 11.3. The molecule has 1 aliphatic heterocycles. The van der Waals surface area contributed by atoms with Gasteiger partial charge in [-0.2, -0.15) is 0 Å². The molecule has 0 aliphatic carbocycles. The van der Waals surface area contributed by atoms with E-state index in [1.54, 1.807) is 6.33 Å². The minimum absolute atomic E-state index is 0.0944. The van der Waals surface area contributed by atoms with Crippen LogP contribution >= 0.6 is 15.9 Å². The molecule has 0 fully saturated rings. The Morgan fingerprint density at radius 1 is 1.39 bits per heavy atom. The van der Waals surface area contributed by atoms with Crippen molar-refractivity contribution in [2.75, 3.05) is 5.32 Å². The minimum Gasteiger partial charge on any atom is -0.333 e. The topological polar surface area (TPSA) is 46.9 Å². The first kappa shape index (κ1) is 11.5. The van der Waals surface area contributed by atoms with Gasteiger partial charge in [0.15, 0.2) is 0 Å². The van der Waals surface area contributed by atoms with Crippen LogP contribution in [0.1, 0.15) is 12.0 Å². The number of aromatic nitrogens is 2. The Hall–Kier alpha value is -1.62. The number of nitrogens with one attached hydrogen (secondary N) is 1. The number of amides is 1. The van der Waals surface area contributed by atoms with E-state index in [9.17, 15) is 4.79 Å². The third kappa shape index (κ3) is 1.84. The van der Waals surface area contributed by atoms with E-state index in [0.717, 1.165) is 28.0 Å². The second-order valence-electron chi connectivity index (χ2n) is 4.41. The number of nitrogens with zero attached hydrogens (tertiary/aromatic N) is 2. The molecule has 0 unspecified atom stereocenters. The van der Waals surface area contributed by atoms with Crippen LogP contribution in [-0.2, 0) is 18.3 Å². The molecule has 5 heteroatoms. The summed E-state index contributed by atoms with van der Waals surface area (Å²) in [6.07, 6.45) is 3.13. The lowest BCUT2D eigenvalue weighted by Gasteiger charge is -2.17. The molecule has 2 aromatic rings. The summed E-state index contributed by atoms with van der Waals surface area (Å²) in [6.45, 7) is 0. The van der Waals surface area contributed by atoms with Crippen LogP contribution in [0.2, 0.25) is 0 Å². The number of anilines is 1. The van der Waals surface area contributed by atoms with Crippen LogP contribution in [0.4, 0.5) is 5.69 Å². The highest BCUT2D eigenvalue weighted by Gasteiger charge is 2.16. The fourth-order valence-electron chi connectivity index (χ4n) is 2.26. The van der Waals surface area contributed by atoms with Gasteiger partial charge in [0.2, 0.25) is 5.91 Å². The highest BCUT2D eigenvalue weighted by molar-refractivity contribution is 9.10. The zero-order chi connectivity index (χ0) is 12.7. The van der Waals surface area contributed by atoms with Crippen LogP contribution in [0.5, 0.6) is 0 Å². The van der Waals surface area contributed by atoms with Crippen molar-refractivity contribution in [2.24, 2.45) is 7.05 Å². The largest absolute Gasteiger partial charge is 0.333 e. The molecule has 0 spiro atoms. The van der Waals surface area contributed by atoms with Gasteiger partial charge in [0, 0.05) is 24.7 Å². The Bertz CT molecular complexity index is 614. The second kappa shape index (κ2) is 4.24. The molecule has 92 valence electrons. The fourth-order valence-corrected chi connectivity index (χ4v) is 2.86. The summed E-state index contributed by atoms with van der Waals surface area (Å²) in [7, 11) is 1.97. The van der Waals surface area contributed by atoms with Crippen molar-refractivity contribution in [3.63, 3.8) is 0 Å². The third-order valence-electron chi connectivity index (χ3n) is 3.17. The van der Waals surface area contributed by atoms with Gasteiger partial charge in [-0.15, -0.1) is 0 Å².